The Balaban J connectivity index is 2.22. The first-order chi connectivity index (χ1) is 11.4. The number of rotatable bonds is 1. The lowest BCUT2D eigenvalue weighted by atomic mass is 10.2. The molecule has 0 aliphatic rings. The largest absolute Gasteiger partial charge is 0.439 e. The summed E-state index contributed by atoms with van der Waals surface area (Å²) < 4.78 is 49.1. The van der Waals surface area contributed by atoms with Crippen LogP contribution in [-0.2, 0) is 0 Å². The van der Waals surface area contributed by atoms with Crippen LogP contribution in [0.1, 0.15) is 11.5 Å². The van der Waals surface area contributed by atoms with Gasteiger partial charge in [0, 0.05) is 6.92 Å². The van der Waals surface area contributed by atoms with Gasteiger partial charge in [-0.2, -0.15) is 0 Å². The summed E-state index contributed by atoms with van der Waals surface area (Å²) in [6, 6.07) is 4.09. The maximum Gasteiger partial charge on any atom is 0.331 e. The maximum atomic E-state index is 14.5. The minimum Gasteiger partial charge on any atom is -0.439 e. The van der Waals surface area contributed by atoms with Gasteiger partial charge in [0.05, 0.1) is 5.69 Å². The molecule has 5 nitrogen and oxygen atoms in total. The molecule has 0 radical (unpaired) electrons. The average molecular weight is 333 g/mol. The highest BCUT2D eigenvalue weighted by atomic mass is 19.2. The Labute approximate surface area is 132 Å². The molecule has 24 heavy (non-hydrogen) atoms. The van der Waals surface area contributed by atoms with Crippen molar-refractivity contribution in [1.82, 2.24) is 14.5 Å². The predicted molar refractivity (Wildman–Crippen MR) is 80.8 cm³/mol. The van der Waals surface area contributed by atoms with Gasteiger partial charge in [-0.3, -0.25) is 4.57 Å². The van der Waals surface area contributed by atoms with Gasteiger partial charge in [0.15, 0.2) is 28.6 Å². The number of fused-ring (bicyclic) bond motifs is 3. The molecule has 2 heterocycles. The first-order valence-electron chi connectivity index (χ1n) is 7.04. The van der Waals surface area contributed by atoms with Crippen molar-refractivity contribution in [1.29, 1.82) is 0 Å². The van der Waals surface area contributed by atoms with E-state index in [0.29, 0.717) is 5.56 Å². The quantitative estimate of drug-likeness (QED) is 0.580. The summed E-state index contributed by atoms with van der Waals surface area (Å²) in [6.07, 6.45) is 0. The van der Waals surface area contributed by atoms with Crippen molar-refractivity contribution in [3.8, 4) is 5.69 Å². The van der Waals surface area contributed by atoms with Crippen molar-refractivity contribution < 1.29 is 17.6 Å². The molecule has 2 aromatic carbocycles. The lowest BCUT2D eigenvalue weighted by Crippen LogP contribution is -2.16. The maximum absolute atomic E-state index is 14.5. The summed E-state index contributed by atoms with van der Waals surface area (Å²) in [7, 11) is 0. The second kappa shape index (κ2) is 4.73. The zero-order valence-corrected chi connectivity index (χ0v) is 12.6. The summed E-state index contributed by atoms with van der Waals surface area (Å²) in [5.74, 6) is -3.17. The normalized spacial score (nSPS) is 11.7. The Morgan fingerprint density at radius 2 is 1.92 bits per heavy atom. The summed E-state index contributed by atoms with van der Waals surface area (Å²) in [5.41, 5.74) is -1.29. The number of imidazole rings is 1. The lowest BCUT2D eigenvalue weighted by molar-refractivity contribution is 0.519. The van der Waals surface area contributed by atoms with Crippen LogP contribution in [0.15, 0.2) is 27.4 Å². The number of halogens is 3. The first-order valence-corrected chi connectivity index (χ1v) is 7.04. The number of H-pyrrole nitrogens is 1. The highest BCUT2D eigenvalue weighted by Gasteiger charge is 2.25. The molecule has 4 rings (SSSR count). The predicted octanol–water partition coefficient (Wildman–Crippen LogP) is 3.49. The first kappa shape index (κ1) is 14.6. The molecule has 0 saturated heterocycles. The number of benzene rings is 2. The van der Waals surface area contributed by atoms with Gasteiger partial charge in [-0.25, -0.2) is 22.9 Å². The SMILES string of the molecule is Cc1ccc(-n2c(=O)[nH]c3c4oc(C)nc4c(F)c(F)c32)c(F)c1. The van der Waals surface area contributed by atoms with Crippen LogP contribution in [0, 0.1) is 31.3 Å². The van der Waals surface area contributed by atoms with E-state index in [4.69, 9.17) is 4.42 Å². The summed E-state index contributed by atoms with van der Waals surface area (Å²) in [5, 5.41) is 0. The van der Waals surface area contributed by atoms with E-state index in [-0.39, 0.29) is 28.2 Å². The number of nitrogens with one attached hydrogen (secondary N) is 1. The Hall–Kier alpha value is -3.03. The molecule has 0 aliphatic carbocycles. The molecule has 0 atom stereocenters. The highest BCUT2D eigenvalue weighted by molar-refractivity contribution is 6.00. The van der Waals surface area contributed by atoms with Gasteiger partial charge in [0.25, 0.3) is 0 Å². The lowest BCUT2D eigenvalue weighted by Gasteiger charge is -2.07. The number of aryl methyl sites for hydroxylation is 2. The standard InChI is InChI=1S/C16H10F3N3O2/c1-6-3-4-9(8(17)5-6)22-14-11(19)10(18)12-15(24-7(2)20-12)13(14)21-16(22)23/h3-5H,1-2H3,(H,21,23). The van der Waals surface area contributed by atoms with Crippen LogP contribution in [-0.4, -0.2) is 14.5 Å². The Morgan fingerprint density at radius 3 is 2.62 bits per heavy atom. The van der Waals surface area contributed by atoms with E-state index < -0.39 is 28.7 Å². The minimum absolute atomic E-state index is 0.0746. The summed E-state index contributed by atoms with van der Waals surface area (Å²) in [6.45, 7) is 3.14. The van der Waals surface area contributed by atoms with Crippen LogP contribution < -0.4 is 5.69 Å². The van der Waals surface area contributed by atoms with Crippen LogP contribution >= 0.6 is 0 Å². The fourth-order valence-corrected chi connectivity index (χ4v) is 2.78. The van der Waals surface area contributed by atoms with Crippen LogP contribution in [0.5, 0.6) is 0 Å². The number of aromatic nitrogens is 3. The third-order valence-electron chi connectivity index (χ3n) is 3.81. The van der Waals surface area contributed by atoms with Gasteiger partial charge >= 0.3 is 5.69 Å². The average Bonchev–Trinajstić information content (AvgIpc) is 3.06. The molecule has 0 saturated carbocycles. The second-order valence-electron chi connectivity index (χ2n) is 5.48. The topological polar surface area (TPSA) is 63.8 Å². The number of nitrogens with zero attached hydrogens (tertiary/aromatic N) is 2. The van der Waals surface area contributed by atoms with E-state index in [1.165, 1.54) is 19.1 Å². The Bertz CT molecular complexity index is 1190. The molecule has 0 aliphatic heterocycles. The van der Waals surface area contributed by atoms with Crippen molar-refractivity contribution >= 4 is 22.1 Å². The number of aromatic amines is 1. The zero-order valence-electron chi connectivity index (χ0n) is 12.6. The number of hydrogen-bond donors (Lipinski definition) is 1. The molecule has 0 unspecified atom stereocenters. The molecular weight excluding hydrogens is 323 g/mol. The van der Waals surface area contributed by atoms with Crippen molar-refractivity contribution in [2.45, 2.75) is 13.8 Å². The van der Waals surface area contributed by atoms with E-state index in [0.717, 1.165) is 4.57 Å². The van der Waals surface area contributed by atoms with Gasteiger partial charge in [-0.05, 0) is 24.6 Å². The Kier molecular flexibility index (Phi) is 2.87. The van der Waals surface area contributed by atoms with Gasteiger partial charge < -0.3 is 9.40 Å². The van der Waals surface area contributed by atoms with E-state index >= 15 is 0 Å². The van der Waals surface area contributed by atoms with Crippen molar-refractivity contribution in [2.24, 2.45) is 0 Å². The molecule has 2 aromatic heterocycles. The van der Waals surface area contributed by atoms with Gasteiger partial charge in [-0.1, -0.05) is 6.07 Å². The second-order valence-corrected chi connectivity index (χ2v) is 5.48. The van der Waals surface area contributed by atoms with E-state index in [1.807, 2.05) is 0 Å². The Morgan fingerprint density at radius 1 is 1.17 bits per heavy atom. The highest BCUT2D eigenvalue weighted by Crippen LogP contribution is 2.31. The van der Waals surface area contributed by atoms with Crippen LogP contribution in [0.4, 0.5) is 13.2 Å². The zero-order chi connectivity index (χ0) is 17.2. The molecular formula is C16H10F3N3O2. The van der Waals surface area contributed by atoms with E-state index in [9.17, 15) is 18.0 Å². The molecule has 4 aromatic rings. The number of hydrogen-bond acceptors (Lipinski definition) is 3. The van der Waals surface area contributed by atoms with E-state index in [1.54, 1.807) is 13.0 Å². The van der Waals surface area contributed by atoms with Crippen molar-refractivity contribution in [3.63, 3.8) is 0 Å². The number of oxazole rings is 1. The molecule has 1 N–H and O–H groups in total. The van der Waals surface area contributed by atoms with Crippen LogP contribution in [0.3, 0.4) is 0 Å². The summed E-state index contributed by atoms with van der Waals surface area (Å²) in [4.78, 5) is 18.4. The van der Waals surface area contributed by atoms with Crippen LogP contribution in [0.2, 0.25) is 0 Å². The molecule has 0 fully saturated rings. The smallest absolute Gasteiger partial charge is 0.331 e. The van der Waals surface area contributed by atoms with Gasteiger partial charge in [0.1, 0.15) is 16.9 Å². The summed E-state index contributed by atoms with van der Waals surface area (Å²) >= 11 is 0. The fourth-order valence-electron chi connectivity index (χ4n) is 2.78. The molecule has 0 spiro atoms. The minimum atomic E-state index is -1.30. The molecule has 0 amide bonds. The van der Waals surface area contributed by atoms with Crippen molar-refractivity contribution in [3.05, 3.63) is 57.6 Å². The molecule has 0 bridgehead atoms. The van der Waals surface area contributed by atoms with Gasteiger partial charge in [0.2, 0.25) is 0 Å². The monoisotopic (exact) mass is 333 g/mol. The van der Waals surface area contributed by atoms with E-state index in [2.05, 4.69) is 9.97 Å². The third kappa shape index (κ3) is 1.82. The van der Waals surface area contributed by atoms with Gasteiger partial charge in [-0.15, -0.1) is 0 Å². The van der Waals surface area contributed by atoms with Crippen LogP contribution in [0.25, 0.3) is 27.8 Å². The molecule has 8 heteroatoms. The fraction of sp³-hybridized carbons (Fsp3) is 0.125. The van der Waals surface area contributed by atoms with Crippen molar-refractivity contribution in [2.75, 3.05) is 0 Å². The molecule has 122 valence electrons. The third-order valence-corrected chi connectivity index (χ3v) is 3.81.